The highest BCUT2D eigenvalue weighted by atomic mass is 19.1. The second-order valence-electron chi connectivity index (χ2n) is 6.48. The van der Waals surface area contributed by atoms with Gasteiger partial charge in [0.15, 0.2) is 0 Å². The Morgan fingerprint density at radius 3 is 2.53 bits per heavy atom. The zero-order chi connectivity index (χ0) is 14.5. The van der Waals surface area contributed by atoms with Crippen LogP contribution in [0.5, 0.6) is 0 Å². The van der Waals surface area contributed by atoms with Crippen LogP contribution in [0.2, 0.25) is 0 Å². The standard InChI is InChI=1S/C16H27FN2/c1-16(2,3)12-19(5)10-9-15(18-4)13-7-6-8-14(17)11-13/h6-8,11,15,18H,9-10,12H2,1-5H3. The molecule has 0 bridgehead atoms. The van der Waals surface area contributed by atoms with E-state index < -0.39 is 0 Å². The van der Waals surface area contributed by atoms with E-state index in [1.165, 1.54) is 6.07 Å². The van der Waals surface area contributed by atoms with Gasteiger partial charge in [-0.3, -0.25) is 0 Å². The third-order valence-electron chi connectivity index (χ3n) is 3.14. The van der Waals surface area contributed by atoms with Crippen molar-refractivity contribution in [2.75, 3.05) is 27.2 Å². The van der Waals surface area contributed by atoms with E-state index in [-0.39, 0.29) is 11.9 Å². The van der Waals surface area contributed by atoms with Crippen molar-refractivity contribution in [2.24, 2.45) is 5.41 Å². The van der Waals surface area contributed by atoms with Crippen LogP contribution in [-0.2, 0) is 0 Å². The Morgan fingerprint density at radius 2 is 2.00 bits per heavy atom. The van der Waals surface area contributed by atoms with Crippen molar-refractivity contribution >= 4 is 0 Å². The van der Waals surface area contributed by atoms with Crippen LogP contribution < -0.4 is 5.32 Å². The molecule has 1 atom stereocenters. The molecule has 108 valence electrons. The molecule has 0 radical (unpaired) electrons. The van der Waals surface area contributed by atoms with E-state index in [0.717, 1.165) is 25.1 Å². The predicted octanol–water partition coefficient (Wildman–Crippen LogP) is 3.45. The molecule has 0 aliphatic heterocycles. The number of rotatable bonds is 6. The molecule has 1 N–H and O–H groups in total. The average Bonchev–Trinajstić information content (AvgIpc) is 2.27. The van der Waals surface area contributed by atoms with Gasteiger partial charge in [0.25, 0.3) is 0 Å². The summed E-state index contributed by atoms with van der Waals surface area (Å²) in [5.41, 5.74) is 1.33. The largest absolute Gasteiger partial charge is 0.313 e. The van der Waals surface area contributed by atoms with Gasteiger partial charge in [-0.05, 0) is 50.2 Å². The molecule has 0 heterocycles. The minimum absolute atomic E-state index is 0.166. The first-order chi connectivity index (χ1) is 8.81. The first-order valence-corrected chi connectivity index (χ1v) is 6.93. The highest BCUT2D eigenvalue weighted by Gasteiger charge is 2.15. The molecule has 2 nitrogen and oxygen atoms in total. The average molecular weight is 266 g/mol. The van der Waals surface area contributed by atoms with Gasteiger partial charge in [0.2, 0.25) is 0 Å². The van der Waals surface area contributed by atoms with Crippen LogP contribution in [0.15, 0.2) is 24.3 Å². The lowest BCUT2D eigenvalue weighted by Crippen LogP contribution is -2.32. The number of halogens is 1. The number of hydrogen-bond donors (Lipinski definition) is 1. The summed E-state index contributed by atoms with van der Waals surface area (Å²) in [5.74, 6) is -0.166. The Morgan fingerprint density at radius 1 is 1.32 bits per heavy atom. The van der Waals surface area contributed by atoms with Crippen LogP contribution in [0.25, 0.3) is 0 Å². The van der Waals surface area contributed by atoms with E-state index in [0.29, 0.717) is 5.41 Å². The van der Waals surface area contributed by atoms with Gasteiger partial charge in [0.1, 0.15) is 5.82 Å². The molecule has 0 aliphatic rings. The van der Waals surface area contributed by atoms with Crippen molar-refractivity contribution in [1.29, 1.82) is 0 Å². The van der Waals surface area contributed by atoms with Crippen molar-refractivity contribution in [3.8, 4) is 0 Å². The summed E-state index contributed by atoms with van der Waals surface area (Å²) in [6.07, 6.45) is 0.979. The Bertz CT molecular complexity index is 385. The highest BCUT2D eigenvalue weighted by molar-refractivity contribution is 5.20. The van der Waals surface area contributed by atoms with Gasteiger partial charge in [-0.15, -0.1) is 0 Å². The number of hydrogen-bond acceptors (Lipinski definition) is 2. The lowest BCUT2D eigenvalue weighted by atomic mass is 9.96. The summed E-state index contributed by atoms with van der Waals surface area (Å²) in [7, 11) is 4.07. The normalized spacial score (nSPS) is 13.8. The van der Waals surface area contributed by atoms with Crippen molar-refractivity contribution in [3.63, 3.8) is 0 Å². The van der Waals surface area contributed by atoms with E-state index >= 15 is 0 Å². The molecule has 1 rings (SSSR count). The maximum absolute atomic E-state index is 13.2. The molecule has 0 amide bonds. The molecular weight excluding hydrogens is 239 g/mol. The fourth-order valence-electron chi connectivity index (χ4n) is 2.44. The molecule has 0 spiro atoms. The molecule has 0 aliphatic carbocycles. The summed E-state index contributed by atoms with van der Waals surface area (Å²) in [6, 6.07) is 7.06. The maximum atomic E-state index is 13.2. The molecule has 1 unspecified atom stereocenters. The van der Waals surface area contributed by atoms with Crippen LogP contribution in [0.1, 0.15) is 38.8 Å². The van der Waals surface area contributed by atoms with Gasteiger partial charge in [0, 0.05) is 12.6 Å². The topological polar surface area (TPSA) is 15.3 Å². The fraction of sp³-hybridized carbons (Fsp3) is 0.625. The summed E-state index contributed by atoms with van der Waals surface area (Å²) in [5, 5.41) is 3.27. The van der Waals surface area contributed by atoms with Crippen molar-refractivity contribution < 1.29 is 4.39 Å². The van der Waals surface area contributed by atoms with Crippen LogP contribution in [-0.4, -0.2) is 32.1 Å². The zero-order valence-electron chi connectivity index (χ0n) is 12.8. The van der Waals surface area contributed by atoms with Crippen LogP contribution in [0.3, 0.4) is 0 Å². The number of benzene rings is 1. The predicted molar refractivity (Wildman–Crippen MR) is 79.8 cm³/mol. The van der Waals surface area contributed by atoms with Gasteiger partial charge in [0.05, 0.1) is 0 Å². The third kappa shape index (κ3) is 6.17. The lowest BCUT2D eigenvalue weighted by Gasteiger charge is -2.28. The van der Waals surface area contributed by atoms with Crippen molar-refractivity contribution in [1.82, 2.24) is 10.2 Å². The Hall–Kier alpha value is -0.930. The Kier molecular flexibility index (Phi) is 5.95. The molecule has 3 heteroatoms. The number of nitrogens with zero attached hydrogens (tertiary/aromatic N) is 1. The molecule has 1 aromatic carbocycles. The van der Waals surface area contributed by atoms with E-state index in [2.05, 4.69) is 38.0 Å². The van der Waals surface area contributed by atoms with Gasteiger partial charge in [-0.1, -0.05) is 32.9 Å². The SMILES string of the molecule is CNC(CCN(C)CC(C)(C)C)c1cccc(F)c1. The minimum Gasteiger partial charge on any atom is -0.313 e. The number of nitrogens with one attached hydrogen (secondary N) is 1. The highest BCUT2D eigenvalue weighted by Crippen LogP contribution is 2.19. The van der Waals surface area contributed by atoms with Crippen LogP contribution in [0, 0.1) is 11.2 Å². The fourth-order valence-corrected chi connectivity index (χ4v) is 2.44. The molecule has 1 aromatic rings. The third-order valence-corrected chi connectivity index (χ3v) is 3.14. The smallest absolute Gasteiger partial charge is 0.123 e. The van der Waals surface area contributed by atoms with E-state index in [4.69, 9.17) is 0 Å². The Labute approximate surface area is 117 Å². The zero-order valence-corrected chi connectivity index (χ0v) is 12.8. The minimum atomic E-state index is -0.166. The van der Waals surface area contributed by atoms with Gasteiger partial charge in [-0.2, -0.15) is 0 Å². The van der Waals surface area contributed by atoms with Crippen molar-refractivity contribution in [2.45, 2.75) is 33.2 Å². The second kappa shape index (κ2) is 7.01. The van der Waals surface area contributed by atoms with E-state index in [9.17, 15) is 4.39 Å². The van der Waals surface area contributed by atoms with E-state index in [1.54, 1.807) is 12.1 Å². The maximum Gasteiger partial charge on any atom is 0.123 e. The summed E-state index contributed by atoms with van der Waals surface area (Å²) < 4.78 is 13.2. The molecular formula is C16H27FN2. The summed E-state index contributed by atoms with van der Waals surface area (Å²) in [4.78, 5) is 2.34. The molecule has 0 fully saturated rings. The molecule has 0 saturated heterocycles. The quantitative estimate of drug-likeness (QED) is 0.848. The monoisotopic (exact) mass is 266 g/mol. The lowest BCUT2D eigenvalue weighted by molar-refractivity contribution is 0.218. The molecule has 0 aromatic heterocycles. The summed E-state index contributed by atoms with van der Waals surface area (Å²) >= 11 is 0. The molecule has 0 saturated carbocycles. The first-order valence-electron chi connectivity index (χ1n) is 6.93. The van der Waals surface area contributed by atoms with E-state index in [1.807, 2.05) is 13.1 Å². The van der Waals surface area contributed by atoms with Crippen LogP contribution in [0.4, 0.5) is 4.39 Å². The van der Waals surface area contributed by atoms with Gasteiger partial charge < -0.3 is 10.2 Å². The Balaban J connectivity index is 2.54. The first kappa shape index (κ1) is 16.1. The molecule has 19 heavy (non-hydrogen) atoms. The van der Waals surface area contributed by atoms with Crippen LogP contribution >= 0.6 is 0 Å². The second-order valence-corrected chi connectivity index (χ2v) is 6.48. The van der Waals surface area contributed by atoms with Gasteiger partial charge >= 0.3 is 0 Å². The van der Waals surface area contributed by atoms with Crippen molar-refractivity contribution in [3.05, 3.63) is 35.6 Å². The summed E-state index contributed by atoms with van der Waals surface area (Å²) in [6.45, 7) is 8.79. The van der Waals surface area contributed by atoms with Gasteiger partial charge in [-0.25, -0.2) is 4.39 Å².